The van der Waals surface area contributed by atoms with Gasteiger partial charge in [-0.1, -0.05) is 12.1 Å². The molecular weight excluding hydrogens is 370 g/mol. The molecule has 0 bridgehead atoms. The number of fused-ring (bicyclic) bond motifs is 1. The largest absolute Gasteiger partial charge is 0.454 e. The maximum Gasteiger partial charge on any atom is 0.245 e. The van der Waals surface area contributed by atoms with Crippen LogP contribution in [0.3, 0.4) is 0 Å². The van der Waals surface area contributed by atoms with Crippen molar-refractivity contribution < 1.29 is 22.7 Å². The van der Waals surface area contributed by atoms with Gasteiger partial charge in [0.15, 0.2) is 11.5 Å². The second-order valence-electron chi connectivity index (χ2n) is 5.89. The number of nitriles is 1. The first-order valence-corrected chi connectivity index (χ1v) is 9.85. The lowest BCUT2D eigenvalue weighted by molar-refractivity contribution is -0.114. The van der Waals surface area contributed by atoms with Crippen molar-refractivity contribution in [3.05, 3.63) is 48.0 Å². The standard InChI is InChI=1S/C18H17N3O5S/c1-27(23,24)21(15-6-7-16-17(10-15)26-12-25-16)11-18(22)20-14-4-2-13(3-5-14)8-9-19/h2-7,10H,8,11-12H2,1H3,(H,20,22). The first kappa shape index (κ1) is 18.5. The van der Waals surface area contributed by atoms with Gasteiger partial charge in [-0.15, -0.1) is 0 Å². The van der Waals surface area contributed by atoms with Crippen LogP contribution in [0.5, 0.6) is 11.5 Å². The fourth-order valence-corrected chi connectivity index (χ4v) is 3.42. The van der Waals surface area contributed by atoms with Crippen molar-refractivity contribution in [3.63, 3.8) is 0 Å². The third-order valence-corrected chi connectivity index (χ3v) is 4.99. The molecule has 0 saturated heterocycles. The second-order valence-corrected chi connectivity index (χ2v) is 7.79. The number of hydrogen-bond acceptors (Lipinski definition) is 6. The van der Waals surface area contributed by atoms with Crippen LogP contribution in [0.4, 0.5) is 11.4 Å². The van der Waals surface area contributed by atoms with Crippen LogP contribution < -0.4 is 19.1 Å². The first-order chi connectivity index (χ1) is 12.9. The normalized spacial score (nSPS) is 12.3. The molecule has 0 radical (unpaired) electrons. The van der Waals surface area contributed by atoms with Gasteiger partial charge in [-0.3, -0.25) is 9.10 Å². The fourth-order valence-electron chi connectivity index (χ4n) is 2.57. The van der Waals surface area contributed by atoms with Gasteiger partial charge in [0.2, 0.25) is 22.7 Å². The summed E-state index contributed by atoms with van der Waals surface area (Å²) >= 11 is 0. The van der Waals surface area contributed by atoms with Gasteiger partial charge in [0.05, 0.1) is 24.4 Å². The molecule has 0 fully saturated rings. The minimum Gasteiger partial charge on any atom is -0.454 e. The van der Waals surface area contributed by atoms with E-state index >= 15 is 0 Å². The number of carbonyl (C=O) groups is 1. The van der Waals surface area contributed by atoms with Crippen molar-refractivity contribution >= 4 is 27.3 Å². The van der Waals surface area contributed by atoms with Crippen LogP contribution in [0.1, 0.15) is 5.56 Å². The zero-order valence-electron chi connectivity index (χ0n) is 14.5. The molecule has 0 spiro atoms. The predicted octanol–water partition coefficient (Wildman–Crippen LogP) is 1.89. The van der Waals surface area contributed by atoms with E-state index in [0.29, 0.717) is 22.9 Å². The van der Waals surface area contributed by atoms with E-state index in [2.05, 4.69) is 5.32 Å². The van der Waals surface area contributed by atoms with Crippen molar-refractivity contribution in [2.45, 2.75) is 6.42 Å². The summed E-state index contributed by atoms with van der Waals surface area (Å²) in [6.07, 6.45) is 1.31. The van der Waals surface area contributed by atoms with Gasteiger partial charge >= 0.3 is 0 Å². The van der Waals surface area contributed by atoms with E-state index in [9.17, 15) is 13.2 Å². The molecule has 9 heteroatoms. The molecule has 0 aromatic heterocycles. The summed E-state index contributed by atoms with van der Waals surface area (Å²) in [5, 5.41) is 11.3. The lowest BCUT2D eigenvalue weighted by Gasteiger charge is -2.22. The number of amides is 1. The Morgan fingerprint density at radius 1 is 1.19 bits per heavy atom. The first-order valence-electron chi connectivity index (χ1n) is 8.00. The van der Waals surface area contributed by atoms with Crippen LogP contribution in [0.15, 0.2) is 42.5 Å². The van der Waals surface area contributed by atoms with E-state index in [1.807, 2.05) is 6.07 Å². The predicted molar refractivity (Wildman–Crippen MR) is 99.1 cm³/mol. The number of nitrogens with zero attached hydrogens (tertiary/aromatic N) is 2. The van der Waals surface area contributed by atoms with Gasteiger partial charge in [-0.25, -0.2) is 8.42 Å². The summed E-state index contributed by atoms with van der Waals surface area (Å²) in [5.41, 5.74) is 1.65. The monoisotopic (exact) mass is 387 g/mol. The average Bonchev–Trinajstić information content (AvgIpc) is 3.08. The van der Waals surface area contributed by atoms with Crippen molar-refractivity contribution in [3.8, 4) is 17.6 Å². The van der Waals surface area contributed by atoms with Gasteiger partial charge in [0, 0.05) is 11.8 Å². The molecule has 2 aromatic rings. The SMILES string of the molecule is CS(=O)(=O)N(CC(=O)Nc1ccc(CC#N)cc1)c1ccc2c(c1)OCO2. The van der Waals surface area contributed by atoms with Gasteiger partial charge in [-0.05, 0) is 29.8 Å². The quantitative estimate of drug-likeness (QED) is 0.811. The maximum atomic E-state index is 12.4. The Bertz CT molecular complexity index is 997. The van der Waals surface area contributed by atoms with E-state index in [-0.39, 0.29) is 13.2 Å². The number of hydrogen-bond donors (Lipinski definition) is 1. The molecule has 1 aliphatic heterocycles. The van der Waals surface area contributed by atoms with Crippen LogP contribution >= 0.6 is 0 Å². The summed E-state index contributed by atoms with van der Waals surface area (Å²) < 4.78 is 35.8. The third-order valence-electron chi connectivity index (χ3n) is 3.85. The number of anilines is 2. The lowest BCUT2D eigenvalue weighted by atomic mass is 10.1. The Labute approximate surface area is 157 Å². The molecule has 2 aromatic carbocycles. The lowest BCUT2D eigenvalue weighted by Crippen LogP contribution is -2.37. The smallest absolute Gasteiger partial charge is 0.245 e. The van der Waals surface area contributed by atoms with Gasteiger partial charge < -0.3 is 14.8 Å². The molecule has 1 N–H and O–H groups in total. The molecular formula is C18H17N3O5S. The topological polar surface area (TPSA) is 109 Å². The van der Waals surface area contributed by atoms with Crippen molar-refractivity contribution in [1.82, 2.24) is 0 Å². The second kappa shape index (κ2) is 7.55. The Hall–Kier alpha value is -3.25. The molecule has 1 aliphatic rings. The van der Waals surface area contributed by atoms with Crippen LogP contribution in [-0.2, 0) is 21.2 Å². The molecule has 1 heterocycles. The fraction of sp³-hybridized carbons (Fsp3) is 0.222. The van der Waals surface area contributed by atoms with Gasteiger partial charge in [0.1, 0.15) is 6.54 Å². The summed E-state index contributed by atoms with van der Waals surface area (Å²) in [4.78, 5) is 12.4. The van der Waals surface area contributed by atoms with Crippen molar-refractivity contribution in [2.24, 2.45) is 0 Å². The highest BCUT2D eigenvalue weighted by atomic mass is 32.2. The number of sulfonamides is 1. The molecule has 3 rings (SSSR count). The molecule has 8 nitrogen and oxygen atoms in total. The number of ether oxygens (including phenoxy) is 2. The zero-order valence-corrected chi connectivity index (χ0v) is 15.3. The molecule has 0 atom stereocenters. The Morgan fingerprint density at radius 2 is 1.89 bits per heavy atom. The van der Waals surface area contributed by atoms with E-state index in [0.717, 1.165) is 16.1 Å². The summed E-state index contributed by atoms with van der Waals surface area (Å²) in [7, 11) is -3.70. The number of carbonyl (C=O) groups excluding carboxylic acids is 1. The molecule has 0 unspecified atom stereocenters. The third kappa shape index (κ3) is 4.48. The van der Waals surface area contributed by atoms with Crippen LogP contribution in [0.2, 0.25) is 0 Å². The highest BCUT2D eigenvalue weighted by Crippen LogP contribution is 2.36. The minimum atomic E-state index is -3.70. The van der Waals surface area contributed by atoms with E-state index < -0.39 is 22.5 Å². The van der Waals surface area contributed by atoms with Crippen molar-refractivity contribution in [1.29, 1.82) is 5.26 Å². The summed E-state index contributed by atoms with van der Waals surface area (Å²) in [5.74, 6) is 0.454. The zero-order chi connectivity index (χ0) is 19.4. The minimum absolute atomic E-state index is 0.0694. The number of nitrogens with one attached hydrogen (secondary N) is 1. The Morgan fingerprint density at radius 3 is 2.56 bits per heavy atom. The molecule has 0 saturated carbocycles. The Balaban J connectivity index is 1.75. The van der Waals surface area contributed by atoms with E-state index in [1.54, 1.807) is 36.4 Å². The highest BCUT2D eigenvalue weighted by Gasteiger charge is 2.23. The highest BCUT2D eigenvalue weighted by molar-refractivity contribution is 7.92. The molecule has 0 aliphatic carbocycles. The molecule has 140 valence electrons. The van der Waals surface area contributed by atoms with Gasteiger partial charge in [0.25, 0.3) is 0 Å². The van der Waals surface area contributed by atoms with Crippen LogP contribution in [0.25, 0.3) is 0 Å². The summed E-state index contributed by atoms with van der Waals surface area (Å²) in [6.45, 7) is -0.321. The molecule has 1 amide bonds. The Kier molecular flexibility index (Phi) is 5.19. The van der Waals surface area contributed by atoms with E-state index in [1.165, 1.54) is 6.07 Å². The van der Waals surface area contributed by atoms with Gasteiger partial charge in [-0.2, -0.15) is 5.26 Å². The van der Waals surface area contributed by atoms with E-state index in [4.69, 9.17) is 14.7 Å². The van der Waals surface area contributed by atoms with Crippen LogP contribution in [-0.4, -0.2) is 33.9 Å². The number of benzene rings is 2. The van der Waals surface area contributed by atoms with Crippen LogP contribution in [0, 0.1) is 11.3 Å². The van der Waals surface area contributed by atoms with Crippen molar-refractivity contribution in [2.75, 3.05) is 29.2 Å². The number of rotatable bonds is 6. The maximum absolute atomic E-state index is 12.4. The average molecular weight is 387 g/mol. The molecule has 27 heavy (non-hydrogen) atoms. The summed E-state index contributed by atoms with van der Waals surface area (Å²) in [6, 6.07) is 13.5.